The Hall–Kier alpha value is -2.44. The molecule has 0 saturated heterocycles. The minimum absolute atomic E-state index is 0.221. The highest BCUT2D eigenvalue weighted by atomic mass is 16.6. The summed E-state index contributed by atoms with van der Waals surface area (Å²) in [6, 6.07) is 5.45. The fourth-order valence-corrected chi connectivity index (χ4v) is 1.48. The van der Waals surface area contributed by atoms with Crippen molar-refractivity contribution in [2.45, 2.75) is 32.4 Å². The number of benzene rings is 1. The van der Waals surface area contributed by atoms with Gasteiger partial charge in [-0.3, -0.25) is 0 Å². The van der Waals surface area contributed by atoms with Crippen LogP contribution in [-0.4, -0.2) is 42.5 Å². The highest BCUT2D eigenvalue weighted by molar-refractivity contribution is 5.80. The Morgan fingerprint density at radius 3 is 2.18 bits per heavy atom. The Kier molecular flexibility index (Phi) is 6.03. The normalized spacial score (nSPS) is 12.2. The summed E-state index contributed by atoms with van der Waals surface area (Å²) in [4.78, 5) is 22.8. The topological polar surface area (TPSA) is 94.1 Å². The van der Waals surface area contributed by atoms with Crippen molar-refractivity contribution in [2.24, 2.45) is 0 Å². The first-order valence-electron chi connectivity index (χ1n) is 6.70. The lowest BCUT2D eigenvalue weighted by Crippen LogP contribution is -2.46. The summed E-state index contributed by atoms with van der Waals surface area (Å²) in [6.45, 7) is 4.85. The second-order valence-electron chi connectivity index (χ2n) is 5.52. The van der Waals surface area contributed by atoms with Crippen LogP contribution in [-0.2, 0) is 9.53 Å². The van der Waals surface area contributed by atoms with Crippen LogP contribution < -0.4 is 14.8 Å². The van der Waals surface area contributed by atoms with Crippen molar-refractivity contribution >= 4 is 12.1 Å². The van der Waals surface area contributed by atoms with Crippen LogP contribution in [0.3, 0.4) is 0 Å². The number of alkyl carbamates (subject to hydrolysis) is 1. The van der Waals surface area contributed by atoms with Crippen LogP contribution in [0.15, 0.2) is 24.3 Å². The predicted molar refractivity (Wildman–Crippen MR) is 79.3 cm³/mol. The molecule has 0 aliphatic rings. The molecule has 0 unspecified atom stereocenters. The fraction of sp³-hybridized carbons (Fsp3) is 0.467. The molecule has 0 aromatic heterocycles. The molecule has 1 aromatic carbocycles. The number of methoxy groups -OCH3 is 1. The zero-order valence-electron chi connectivity index (χ0n) is 13.1. The van der Waals surface area contributed by atoms with Gasteiger partial charge in [-0.05, 0) is 45.0 Å². The maximum absolute atomic E-state index is 11.6. The Balaban J connectivity index is 2.57. The first kappa shape index (κ1) is 17.6. The molecule has 1 rings (SSSR count). The summed E-state index contributed by atoms with van der Waals surface area (Å²) in [5, 5.41) is 11.4. The third kappa shape index (κ3) is 6.34. The van der Waals surface area contributed by atoms with Crippen molar-refractivity contribution < 1.29 is 28.9 Å². The molecule has 0 aliphatic carbocycles. The largest absolute Gasteiger partial charge is 0.497 e. The van der Waals surface area contributed by atoms with E-state index in [0.29, 0.717) is 11.5 Å². The zero-order valence-corrected chi connectivity index (χ0v) is 13.1. The van der Waals surface area contributed by atoms with Crippen molar-refractivity contribution in [1.82, 2.24) is 5.32 Å². The molecule has 1 amide bonds. The van der Waals surface area contributed by atoms with E-state index in [2.05, 4.69) is 5.32 Å². The first-order valence-corrected chi connectivity index (χ1v) is 6.70. The molecule has 1 atom stereocenters. The van der Waals surface area contributed by atoms with Crippen molar-refractivity contribution in [3.05, 3.63) is 24.3 Å². The lowest BCUT2D eigenvalue weighted by atomic mass is 10.2. The first-order chi connectivity index (χ1) is 10.2. The fourth-order valence-electron chi connectivity index (χ4n) is 1.48. The van der Waals surface area contributed by atoms with Gasteiger partial charge >= 0.3 is 12.1 Å². The minimum Gasteiger partial charge on any atom is -0.497 e. The molecule has 0 bridgehead atoms. The predicted octanol–water partition coefficient (Wildman–Crippen LogP) is 2.05. The summed E-state index contributed by atoms with van der Waals surface area (Å²) < 4.78 is 15.4. The van der Waals surface area contributed by atoms with Gasteiger partial charge in [-0.2, -0.15) is 0 Å². The number of rotatable bonds is 6. The molecule has 0 saturated carbocycles. The Morgan fingerprint density at radius 1 is 1.18 bits per heavy atom. The summed E-state index contributed by atoms with van der Waals surface area (Å²) >= 11 is 0. The zero-order chi connectivity index (χ0) is 16.8. The molecule has 2 N–H and O–H groups in total. The molecule has 0 radical (unpaired) electrons. The van der Waals surface area contributed by atoms with Gasteiger partial charge in [-0.1, -0.05) is 0 Å². The molecule has 0 fully saturated rings. The molecule has 1 aromatic rings. The smallest absolute Gasteiger partial charge is 0.408 e. The van der Waals surface area contributed by atoms with Gasteiger partial charge in [0.25, 0.3) is 0 Å². The molecule has 7 nitrogen and oxygen atoms in total. The van der Waals surface area contributed by atoms with Crippen LogP contribution in [0.4, 0.5) is 4.79 Å². The Labute approximate surface area is 129 Å². The number of carboxylic acid groups (broad SMARTS) is 1. The van der Waals surface area contributed by atoms with E-state index in [1.54, 1.807) is 52.1 Å². The van der Waals surface area contributed by atoms with E-state index in [9.17, 15) is 9.59 Å². The van der Waals surface area contributed by atoms with E-state index < -0.39 is 23.7 Å². The van der Waals surface area contributed by atoms with Gasteiger partial charge in [-0.15, -0.1) is 0 Å². The molecule has 122 valence electrons. The Bertz CT molecular complexity index is 506. The summed E-state index contributed by atoms with van der Waals surface area (Å²) in [5.41, 5.74) is -0.704. The average Bonchev–Trinajstić information content (AvgIpc) is 2.41. The molecule has 0 aliphatic heterocycles. The van der Waals surface area contributed by atoms with Gasteiger partial charge in [0.05, 0.1) is 7.11 Å². The maximum Gasteiger partial charge on any atom is 0.408 e. The number of aliphatic carboxylic acids is 1. The van der Waals surface area contributed by atoms with Crippen LogP contribution in [0, 0.1) is 0 Å². The number of amides is 1. The number of nitrogens with one attached hydrogen (secondary N) is 1. The molecule has 0 spiro atoms. The quantitative estimate of drug-likeness (QED) is 0.835. The van der Waals surface area contributed by atoms with Gasteiger partial charge in [0, 0.05) is 0 Å². The number of carboxylic acids is 1. The van der Waals surface area contributed by atoms with Crippen molar-refractivity contribution in [3.8, 4) is 11.5 Å². The number of carbonyl (C=O) groups is 2. The van der Waals surface area contributed by atoms with E-state index in [0.717, 1.165) is 0 Å². The van der Waals surface area contributed by atoms with E-state index in [1.807, 2.05) is 0 Å². The number of ether oxygens (including phenoxy) is 3. The van der Waals surface area contributed by atoms with E-state index in [1.165, 1.54) is 0 Å². The molecule has 22 heavy (non-hydrogen) atoms. The minimum atomic E-state index is -1.21. The van der Waals surface area contributed by atoms with Gasteiger partial charge in [-0.25, -0.2) is 9.59 Å². The van der Waals surface area contributed by atoms with Gasteiger partial charge in [0.1, 0.15) is 23.7 Å². The second-order valence-corrected chi connectivity index (χ2v) is 5.52. The summed E-state index contributed by atoms with van der Waals surface area (Å²) in [7, 11) is 1.54. The third-order valence-electron chi connectivity index (χ3n) is 2.47. The molecular formula is C15H21NO6. The highest BCUT2D eigenvalue weighted by Crippen LogP contribution is 2.17. The summed E-state index contributed by atoms with van der Waals surface area (Å²) in [6.07, 6.45) is -0.807. The van der Waals surface area contributed by atoms with Crippen LogP contribution in [0.1, 0.15) is 20.8 Å². The van der Waals surface area contributed by atoms with Crippen molar-refractivity contribution in [1.29, 1.82) is 0 Å². The SMILES string of the molecule is COc1ccc(OC[C@H](NC(=O)OC(C)(C)C)C(=O)O)cc1. The standard InChI is InChI=1S/C15H21NO6/c1-15(2,3)22-14(19)16-12(13(17)18)9-21-11-7-5-10(20-4)6-8-11/h5-8,12H,9H2,1-4H3,(H,16,19)(H,17,18)/t12-/m0/s1. The number of hydrogen-bond donors (Lipinski definition) is 2. The van der Waals surface area contributed by atoms with Crippen molar-refractivity contribution in [2.75, 3.05) is 13.7 Å². The lowest BCUT2D eigenvalue weighted by Gasteiger charge is -2.22. The second kappa shape index (κ2) is 7.53. The summed E-state index contributed by atoms with van der Waals surface area (Å²) in [5.74, 6) is -0.0774. The lowest BCUT2D eigenvalue weighted by molar-refractivity contribution is -0.140. The highest BCUT2D eigenvalue weighted by Gasteiger charge is 2.24. The van der Waals surface area contributed by atoms with E-state index >= 15 is 0 Å². The maximum atomic E-state index is 11.6. The number of hydrogen-bond acceptors (Lipinski definition) is 5. The van der Waals surface area contributed by atoms with E-state index in [-0.39, 0.29) is 6.61 Å². The average molecular weight is 311 g/mol. The van der Waals surface area contributed by atoms with Gasteiger partial charge in [0.15, 0.2) is 6.04 Å². The van der Waals surface area contributed by atoms with Crippen LogP contribution in [0.5, 0.6) is 11.5 Å². The third-order valence-corrected chi connectivity index (χ3v) is 2.47. The van der Waals surface area contributed by atoms with Crippen LogP contribution >= 0.6 is 0 Å². The van der Waals surface area contributed by atoms with Gasteiger partial charge < -0.3 is 24.6 Å². The van der Waals surface area contributed by atoms with Crippen molar-refractivity contribution in [3.63, 3.8) is 0 Å². The monoisotopic (exact) mass is 311 g/mol. The van der Waals surface area contributed by atoms with E-state index in [4.69, 9.17) is 19.3 Å². The van der Waals surface area contributed by atoms with Gasteiger partial charge in [0.2, 0.25) is 0 Å². The van der Waals surface area contributed by atoms with Crippen LogP contribution in [0.25, 0.3) is 0 Å². The number of carbonyl (C=O) groups excluding carboxylic acids is 1. The molecule has 7 heteroatoms. The molecule has 0 heterocycles. The molecular weight excluding hydrogens is 290 g/mol. The van der Waals surface area contributed by atoms with Crippen LogP contribution in [0.2, 0.25) is 0 Å². The Morgan fingerprint density at radius 2 is 1.73 bits per heavy atom.